The van der Waals surface area contributed by atoms with E-state index in [0.717, 1.165) is 34.0 Å². The van der Waals surface area contributed by atoms with Crippen LogP contribution in [0.4, 0.5) is 10.1 Å². The van der Waals surface area contributed by atoms with E-state index in [1.54, 1.807) is 24.5 Å². The Morgan fingerprint density at radius 1 is 1.36 bits per heavy atom. The van der Waals surface area contributed by atoms with E-state index in [2.05, 4.69) is 4.98 Å². The number of hydrogen-bond acceptors (Lipinski definition) is 3. The third-order valence-corrected chi connectivity index (χ3v) is 4.63. The number of aryl methyl sites for hydroxylation is 2. The Labute approximate surface area is 145 Å². The first-order chi connectivity index (χ1) is 9.97. The fourth-order valence-electron chi connectivity index (χ4n) is 2.45. The van der Waals surface area contributed by atoms with Gasteiger partial charge in [-0.1, -0.05) is 6.07 Å². The van der Waals surface area contributed by atoms with E-state index in [1.807, 2.05) is 19.9 Å². The van der Waals surface area contributed by atoms with E-state index in [9.17, 15) is 9.18 Å². The molecule has 6 heteroatoms. The van der Waals surface area contributed by atoms with Crippen molar-refractivity contribution in [3.05, 3.63) is 33.9 Å². The van der Waals surface area contributed by atoms with Gasteiger partial charge in [-0.05, 0) is 38.8 Å². The molecule has 0 N–H and O–H groups in total. The largest absolute Gasteiger partial charge is 0.313 e. The first kappa shape index (κ1) is 17.2. The summed E-state index contributed by atoms with van der Waals surface area (Å²) in [6.07, 6.45) is 1.83. The van der Waals surface area contributed by atoms with Gasteiger partial charge in [0.25, 0.3) is 0 Å². The predicted molar refractivity (Wildman–Crippen MR) is 83.1 cm³/mol. The number of carbonyl (C=O) groups excluding carboxylic acids is 1. The molecule has 22 heavy (non-hydrogen) atoms. The van der Waals surface area contributed by atoms with Crippen LogP contribution in [0.1, 0.15) is 22.7 Å². The van der Waals surface area contributed by atoms with E-state index >= 15 is 0 Å². The SMILES string of the molecule is Cc1nc(-c2ccc(N(C)C(=O)C3CC3)c(F)c2)c(C)s1.[V]. The molecule has 3 nitrogen and oxygen atoms in total. The summed E-state index contributed by atoms with van der Waals surface area (Å²) < 4.78 is 14.4. The van der Waals surface area contributed by atoms with Gasteiger partial charge in [-0.25, -0.2) is 9.37 Å². The van der Waals surface area contributed by atoms with Crippen molar-refractivity contribution in [3.8, 4) is 11.3 Å². The number of carbonyl (C=O) groups is 1. The summed E-state index contributed by atoms with van der Waals surface area (Å²) in [5, 5.41) is 0.966. The molecule has 1 fully saturated rings. The molecule has 0 atom stereocenters. The maximum atomic E-state index is 14.4. The molecule has 1 heterocycles. The van der Waals surface area contributed by atoms with E-state index in [0.29, 0.717) is 5.69 Å². The van der Waals surface area contributed by atoms with Gasteiger partial charge in [-0.3, -0.25) is 4.79 Å². The Bertz CT molecular complexity index is 712. The van der Waals surface area contributed by atoms with Gasteiger partial charge in [0, 0.05) is 42.0 Å². The van der Waals surface area contributed by atoms with Crippen LogP contribution >= 0.6 is 11.3 Å². The van der Waals surface area contributed by atoms with E-state index in [4.69, 9.17) is 0 Å². The fraction of sp³-hybridized carbons (Fsp3) is 0.375. The van der Waals surface area contributed by atoms with Crippen LogP contribution in [0, 0.1) is 25.6 Å². The smallest absolute Gasteiger partial charge is 0.229 e. The summed E-state index contributed by atoms with van der Waals surface area (Å²) >= 11 is 1.60. The van der Waals surface area contributed by atoms with Crippen LogP contribution in [0.25, 0.3) is 11.3 Å². The van der Waals surface area contributed by atoms with Crippen LogP contribution in [0.2, 0.25) is 0 Å². The molecule has 1 saturated carbocycles. The van der Waals surface area contributed by atoms with Crippen LogP contribution in [-0.2, 0) is 23.4 Å². The average molecular weight is 355 g/mol. The number of hydrogen-bond donors (Lipinski definition) is 0. The Balaban J connectivity index is 0.00000176. The van der Waals surface area contributed by atoms with Crippen LogP contribution in [0.5, 0.6) is 0 Å². The van der Waals surface area contributed by atoms with Gasteiger partial charge >= 0.3 is 0 Å². The molecule has 1 aliphatic rings. The number of amides is 1. The number of anilines is 1. The normalized spacial score (nSPS) is 13.6. The minimum Gasteiger partial charge on any atom is -0.313 e. The molecule has 0 unspecified atom stereocenters. The predicted octanol–water partition coefficient (Wildman–Crippen LogP) is 3.94. The first-order valence-electron chi connectivity index (χ1n) is 6.99. The molecule has 1 aromatic carbocycles. The van der Waals surface area contributed by atoms with Gasteiger partial charge in [-0.15, -0.1) is 11.3 Å². The van der Waals surface area contributed by atoms with E-state index < -0.39 is 0 Å². The number of nitrogens with zero attached hydrogens (tertiary/aromatic N) is 2. The molecule has 1 amide bonds. The molecule has 1 aromatic heterocycles. The summed E-state index contributed by atoms with van der Waals surface area (Å²) in [6, 6.07) is 4.96. The van der Waals surface area contributed by atoms with Gasteiger partial charge in [0.05, 0.1) is 16.4 Å². The van der Waals surface area contributed by atoms with Crippen molar-refractivity contribution in [2.45, 2.75) is 26.7 Å². The third kappa shape index (κ3) is 3.27. The minimum atomic E-state index is -0.381. The van der Waals surface area contributed by atoms with Crippen molar-refractivity contribution >= 4 is 22.9 Å². The summed E-state index contributed by atoms with van der Waals surface area (Å²) in [6.45, 7) is 3.92. The van der Waals surface area contributed by atoms with E-state index in [1.165, 1.54) is 11.0 Å². The molecule has 2 aromatic rings. The molecular formula is C16H17FN2OSV. The fourth-order valence-corrected chi connectivity index (χ4v) is 3.29. The summed E-state index contributed by atoms with van der Waals surface area (Å²) in [5.41, 5.74) is 1.91. The molecule has 0 spiro atoms. The first-order valence-corrected chi connectivity index (χ1v) is 7.80. The van der Waals surface area contributed by atoms with Gasteiger partial charge in [0.1, 0.15) is 5.82 Å². The van der Waals surface area contributed by atoms with Gasteiger partial charge in [0.2, 0.25) is 5.91 Å². The molecule has 3 rings (SSSR count). The van der Waals surface area contributed by atoms with Crippen LogP contribution in [-0.4, -0.2) is 17.9 Å². The maximum Gasteiger partial charge on any atom is 0.229 e. The average Bonchev–Trinajstić information content (AvgIpc) is 3.22. The number of aromatic nitrogens is 1. The molecule has 1 radical (unpaired) electrons. The van der Waals surface area contributed by atoms with Gasteiger partial charge in [-0.2, -0.15) is 0 Å². The second-order valence-corrected chi connectivity index (χ2v) is 6.88. The van der Waals surface area contributed by atoms with Crippen molar-refractivity contribution in [2.75, 3.05) is 11.9 Å². The standard InChI is InChI=1S/C16H17FN2OS.V/c1-9-15(18-10(2)21-9)12-6-7-14(13(17)8-12)19(3)16(20)11-4-5-11;/h6-8,11H,4-5H2,1-3H3;. The zero-order valence-electron chi connectivity index (χ0n) is 12.8. The van der Waals surface area contributed by atoms with Gasteiger partial charge < -0.3 is 4.90 Å². The Morgan fingerprint density at radius 3 is 2.55 bits per heavy atom. The summed E-state index contributed by atoms with van der Waals surface area (Å²) in [7, 11) is 1.64. The zero-order valence-corrected chi connectivity index (χ0v) is 15.0. The quantitative estimate of drug-likeness (QED) is 0.836. The van der Waals surface area contributed by atoms with Crippen molar-refractivity contribution in [1.82, 2.24) is 4.98 Å². The Hall–Kier alpha value is -1.17. The molecule has 1 aliphatic carbocycles. The second kappa shape index (κ2) is 6.53. The number of thiazole rings is 1. The second-order valence-electron chi connectivity index (χ2n) is 5.48. The maximum absolute atomic E-state index is 14.4. The van der Waals surface area contributed by atoms with Crippen LogP contribution in [0.15, 0.2) is 18.2 Å². The Kier molecular flexibility index (Phi) is 5.10. The minimum absolute atomic E-state index is 0. The van der Waals surface area contributed by atoms with Gasteiger partial charge in [0.15, 0.2) is 0 Å². The van der Waals surface area contributed by atoms with Crippen LogP contribution in [0.3, 0.4) is 0 Å². The molecule has 0 bridgehead atoms. The Morgan fingerprint density at radius 2 is 2.05 bits per heavy atom. The van der Waals surface area contributed by atoms with Crippen molar-refractivity contribution in [3.63, 3.8) is 0 Å². The third-order valence-electron chi connectivity index (χ3n) is 3.74. The summed E-state index contributed by atoms with van der Waals surface area (Å²) in [5.74, 6) is -0.297. The number of benzene rings is 1. The zero-order chi connectivity index (χ0) is 15.1. The van der Waals surface area contributed by atoms with Crippen LogP contribution < -0.4 is 4.90 Å². The molecule has 0 saturated heterocycles. The van der Waals surface area contributed by atoms with Crippen molar-refractivity contribution in [2.24, 2.45) is 5.92 Å². The van der Waals surface area contributed by atoms with E-state index in [-0.39, 0.29) is 36.2 Å². The molecule has 0 aliphatic heterocycles. The summed E-state index contributed by atoms with van der Waals surface area (Å²) in [4.78, 5) is 19.0. The molecule has 115 valence electrons. The van der Waals surface area contributed by atoms with Crippen molar-refractivity contribution < 1.29 is 27.7 Å². The monoisotopic (exact) mass is 355 g/mol. The van der Waals surface area contributed by atoms with Crippen molar-refractivity contribution in [1.29, 1.82) is 0 Å². The molecular weight excluding hydrogens is 338 g/mol. The topological polar surface area (TPSA) is 33.2 Å². The number of rotatable bonds is 3. The number of halogens is 1.